The molecular formula is C20H27F3N2O3. The molecule has 0 bridgehead atoms. The molecule has 2 N–H and O–H groups in total. The van der Waals surface area contributed by atoms with Crippen molar-refractivity contribution in [3.63, 3.8) is 0 Å². The summed E-state index contributed by atoms with van der Waals surface area (Å²) in [7, 11) is 1.51. The van der Waals surface area contributed by atoms with E-state index in [-0.39, 0.29) is 25.0 Å². The molecule has 8 heteroatoms. The molecule has 1 fully saturated rings. The molecule has 5 nitrogen and oxygen atoms in total. The number of ether oxygens (including phenoxy) is 2. The maximum absolute atomic E-state index is 13.5. The maximum atomic E-state index is 13.5. The number of hydrogen-bond acceptors (Lipinski definition) is 5. The number of nitrogens with one attached hydrogen (secondary N) is 1. The molecule has 1 atom stereocenters. The lowest BCUT2D eigenvalue weighted by atomic mass is 10.1. The van der Waals surface area contributed by atoms with Gasteiger partial charge in [-0.15, -0.1) is 0 Å². The van der Waals surface area contributed by atoms with Crippen molar-refractivity contribution >= 4 is 11.6 Å². The van der Waals surface area contributed by atoms with Gasteiger partial charge in [0.15, 0.2) is 0 Å². The Morgan fingerprint density at radius 3 is 2.71 bits per heavy atom. The summed E-state index contributed by atoms with van der Waals surface area (Å²) in [4.78, 5) is 4.46. The molecule has 0 aliphatic carbocycles. The number of aliphatic hydroxyl groups is 1. The van der Waals surface area contributed by atoms with Crippen LogP contribution >= 0.6 is 0 Å². The Morgan fingerprint density at radius 2 is 2.14 bits per heavy atom. The monoisotopic (exact) mass is 400 g/mol. The zero-order valence-electron chi connectivity index (χ0n) is 16.2. The number of allylic oxidation sites excluding steroid dienone is 1. The molecule has 0 radical (unpaired) electrons. The third-order valence-electron chi connectivity index (χ3n) is 4.46. The minimum Gasteiger partial charge on any atom is -0.493 e. The predicted octanol–water partition coefficient (Wildman–Crippen LogP) is 4.01. The highest BCUT2D eigenvalue weighted by Crippen LogP contribution is 2.38. The van der Waals surface area contributed by atoms with Crippen LogP contribution in [0.2, 0.25) is 0 Å². The van der Waals surface area contributed by atoms with Crippen molar-refractivity contribution in [3.8, 4) is 5.75 Å². The van der Waals surface area contributed by atoms with Crippen LogP contribution in [0.25, 0.3) is 5.70 Å². The number of aliphatic hydroxyl groups excluding tert-OH is 1. The van der Waals surface area contributed by atoms with E-state index in [0.717, 1.165) is 25.5 Å². The predicted molar refractivity (Wildman–Crippen MR) is 102 cm³/mol. The minimum absolute atomic E-state index is 0.0191. The Labute approximate surface area is 163 Å². The molecule has 1 saturated heterocycles. The van der Waals surface area contributed by atoms with Gasteiger partial charge in [0, 0.05) is 12.2 Å². The van der Waals surface area contributed by atoms with E-state index in [0.29, 0.717) is 30.0 Å². The average Bonchev–Trinajstić information content (AvgIpc) is 3.20. The molecule has 2 rings (SSSR count). The molecule has 0 aromatic heterocycles. The van der Waals surface area contributed by atoms with Gasteiger partial charge in [-0.3, -0.25) is 0 Å². The van der Waals surface area contributed by atoms with Gasteiger partial charge in [0.1, 0.15) is 5.75 Å². The van der Waals surface area contributed by atoms with Gasteiger partial charge < -0.3 is 19.9 Å². The summed E-state index contributed by atoms with van der Waals surface area (Å²) in [5.41, 5.74) is -0.102. The Kier molecular flexibility index (Phi) is 8.32. The van der Waals surface area contributed by atoms with E-state index >= 15 is 0 Å². The molecule has 1 unspecified atom stereocenters. The highest BCUT2D eigenvalue weighted by molar-refractivity contribution is 5.88. The van der Waals surface area contributed by atoms with Crippen LogP contribution < -0.4 is 10.1 Å². The summed E-state index contributed by atoms with van der Waals surface area (Å²) in [5.74, 6) is 0.238. The normalized spacial score (nSPS) is 18.4. The van der Waals surface area contributed by atoms with Crippen LogP contribution in [-0.2, 0) is 10.9 Å². The highest BCUT2D eigenvalue weighted by Gasteiger charge is 2.35. The quantitative estimate of drug-likeness (QED) is 0.393. The Hall–Kier alpha value is -2.06. The van der Waals surface area contributed by atoms with Crippen molar-refractivity contribution in [1.82, 2.24) is 5.32 Å². The lowest BCUT2D eigenvalue weighted by molar-refractivity contribution is -0.139. The van der Waals surface area contributed by atoms with Gasteiger partial charge in [-0.2, -0.15) is 13.2 Å². The summed E-state index contributed by atoms with van der Waals surface area (Å²) < 4.78 is 51.3. The van der Waals surface area contributed by atoms with Crippen molar-refractivity contribution in [1.29, 1.82) is 0 Å². The molecule has 0 spiro atoms. The first kappa shape index (κ1) is 22.2. The second-order valence-electron chi connectivity index (χ2n) is 6.46. The van der Waals surface area contributed by atoms with E-state index in [1.807, 2.05) is 0 Å². The fourth-order valence-electron chi connectivity index (χ4n) is 3.01. The topological polar surface area (TPSA) is 63.1 Å². The van der Waals surface area contributed by atoms with E-state index in [1.165, 1.54) is 13.2 Å². The second-order valence-corrected chi connectivity index (χ2v) is 6.46. The van der Waals surface area contributed by atoms with Gasteiger partial charge in [-0.25, -0.2) is 4.99 Å². The van der Waals surface area contributed by atoms with E-state index in [4.69, 9.17) is 14.6 Å². The summed E-state index contributed by atoms with van der Waals surface area (Å²) >= 11 is 0. The summed E-state index contributed by atoms with van der Waals surface area (Å²) in [6.07, 6.45) is -0.0680. The lowest BCUT2D eigenvalue weighted by Crippen LogP contribution is -2.32. The zero-order chi connectivity index (χ0) is 20.6. The van der Waals surface area contributed by atoms with Crippen LogP contribution in [0.4, 0.5) is 13.2 Å². The maximum Gasteiger partial charge on any atom is 0.419 e. The molecule has 0 saturated carbocycles. The van der Waals surface area contributed by atoms with E-state index in [9.17, 15) is 13.2 Å². The number of benzene rings is 1. The third kappa shape index (κ3) is 5.97. The fraction of sp³-hybridized carbons (Fsp3) is 0.550. The first-order chi connectivity index (χ1) is 13.4. The van der Waals surface area contributed by atoms with Gasteiger partial charge in [0.2, 0.25) is 5.90 Å². The molecular weight excluding hydrogens is 373 g/mol. The first-order valence-electron chi connectivity index (χ1n) is 9.38. The van der Waals surface area contributed by atoms with Crippen LogP contribution in [-0.4, -0.2) is 43.9 Å². The van der Waals surface area contributed by atoms with Gasteiger partial charge >= 0.3 is 6.18 Å². The molecule has 1 aromatic rings. The number of aliphatic imine (C=N–C) groups is 1. The largest absolute Gasteiger partial charge is 0.493 e. The standard InChI is InChI=1S/C20H27F3N2O3/c1-3-16(25-19(27-2)17-7-6-10-24-17)14-8-9-18(28-12-5-4-11-26)15(13-14)20(21,22)23/h3,8-9,13,17,24,26H,4-7,10-12H2,1-2H3/b16-3-,25-19-. The molecule has 0 amide bonds. The molecule has 28 heavy (non-hydrogen) atoms. The molecule has 156 valence electrons. The Balaban J connectivity index is 2.30. The summed E-state index contributed by atoms with van der Waals surface area (Å²) in [6.45, 7) is 2.67. The second kappa shape index (κ2) is 10.5. The number of nitrogens with zero attached hydrogens (tertiary/aromatic N) is 1. The zero-order valence-corrected chi connectivity index (χ0v) is 16.2. The van der Waals surface area contributed by atoms with Crippen molar-refractivity contribution in [2.75, 3.05) is 26.9 Å². The average molecular weight is 400 g/mol. The minimum atomic E-state index is -4.55. The van der Waals surface area contributed by atoms with Crippen LogP contribution in [0.15, 0.2) is 29.3 Å². The van der Waals surface area contributed by atoms with E-state index in [2.05, 4.69) is 10.3 Å². The summed E-state index contributed by atoms with van der Waals surface area (Å²) in [5, 5.41) is 12.0. The van der Waals surface area contributed by atoms with Crippen molar-refractivity contribution in [3.05, 3.63) is 35.4 Å². The van der Waals surface area contributed by atoms with E-state index in [1.54, 1.807) is 19.1 Å². The third-order valence-corrected chi connectivity index (χ3v) is 4.46. The molecule has 1 aliphatic rings. The van der Waals surface area contributed by atoms with E-state index < -0.39 is 11.7 Å². The number of alkyl halides is 3. The van der Waals surface area contributed by atoms with Gasteiger partial charge in [-0.1, -0.05) is 6.08 Å². The van der Waals surface area contributed by atoms with Crippen LogP contribution in [0.1, 0.15) is 43.7 Å². The highest BCUT2D eigenvalue weighted by atomic mass is 19.4. The number of halogens is 3. The van der Waals surface area contributed by atoms with Gasteiger partial charge in [0.05, 0.1) is 31.0 Å². The van der Waals surface area contributed by atoms with Crippen molar-refractivity contribution < 1.29 is 27.8 Å². The summed E-state index contributed by atoms with van der Waals surface area (Å²) in [6, 6.07) is 3.90. The fourth-order valence-corrected chi connectivity index (χ4v) is 3.01. The van der Waals surface area contributed by atoms with Crippen LogP contribution in [0, 0.1) is 0 Å². The van der Waals surface area contributed by atoms with Crippen molar-refractivity contribution in [2.45, 2.75) is 44.8 Å². The van der Waals surface area contributed by atoms with Gasteiger partial charge in [0.25, 0.3) is 0 Å². The SMILES string of the molecule is C/C=C(\N=C(/OC)C1CCCN1)c1ccc(OCCCCO)c(C(F)(F)F)c1. The van der Waals surface area contributed by atoms with Gasteiger partial charge in [-0.05, 0) is 57.4 Å². The lowest BCUT2D eigenvalue weighted by Gasteiger charge is -2.17. The Bertz CT molecular complexity index is 696. The number of methoxy groups -OCH3 is 1. The molecule has 1 heterocycles. The number of hydrogen-bond donors (Lipinski definition) is 2. The smallest absolute Gasteiger partial charge is 0.419 e. The Morgan fingerprint density at radius 1 is 1.36 bits per heavy atom. The molecule has 1 aliphatic heterocycles. The molecule has 1 aromatic carbocycles. The number of unbranched alkanes of at least 4 members (excludes halogenated alkanes) is 1. The van der Waals surface area contributed by atoms with Crippen molar-refractivity contribution in [2.24, 2.45) is 4.99 Å². The number of rotatable bonds is 8. The van der Waals surface area contributed by atoms with Crippen LogP contribution in [0.5, 0.6) is 5.75 Å². The van der Waals surface area contributed by atoms with Crippen LogP contribution in [0.3, 0.4) is 0 Å². The first-order valence-corrected chi connectivity index (χ1v) is 9.38.